The highest BCUT2D eigenvalue weighted by atomic mass is 28.4. The molecule has 0 saturated carbocycles. The Labute approximate surface area is 201 Å². The predicted molar refractivity (Wildman–Crippen MR) is 130 cm³/mol. The van der Waals surface area contributed by atoms with Crippen molar-refractivity contribution in [3.63, 3.8) is 0 Å². The van der Waals surface area contributed by atoms with Crippen LogP contribution in [0.1, 0.15) is 31.7 Å². The lowest BCUT2D eigenvalue weighted by Crippen LogP contribution is -2.45. The van der Waals surface area contributed by atoms with Gasteiger partial charge in [-0.2, -0.15) is 0 Å². The van der Waals surface area contributed by atoms with E-state index in [1.54, 1.807) is 48.2 Å². The van der Waals surface area contributed by atoms with Crippen molar-refractivity contribution in [1.82, 2.24) is 4.90 Å². The van der Waals surface area contributed by atoms with Gasteiger partial charge in [0.15, 0.2) is 5.60 Å². The van der Waals surface area contributed by atoms with E-state index in [1.807, 2.05) is 13.0 Å². The molecule has 2 fully saturated rings. The minimum atomic E-state index is -3.36. The van der Waals surface area contributed by atoms with Crippen molar-refractivity contribution in [2.45, 2.75) is 62.6 Å². The van der Waals surface area contributed by atoms with Gasteiger partial charge in [0, 0.05) is 30.1 Å². The van der Waals surface area contributed by atoms with E-state index in [-0.39, 0.29) is 30.9 Å². The zero-order valence-corrected chi connectivity index (χ0v) is 21.4. The molecule has 0 aromatic heterocycles. The fourth-order valence-corrected chi connectivity index (χ4v) is 8.80. The van der Waals surface area contributed by atoms with E-state index in [1.165, 1.54) is 0 Å². The highest BCUT2D eigenvalue weighted by molar-refractivity contribution is 6.72. The van der Waals surface area contributed by atoms with Crippen LogP contribution < -0.4 is 9.64 Å². The summed E-state index contributed by atoms with van der Waals surface area (Å²) >= 11 is 0. The van der Waals surface area contributed by atoms with E-state index < -0.39 is 31.6 Å². The number of benzene rings is 1. The maximum atomic E-state index is 15.8. The van der Waals surface area contributed by atoms with Crippen LogP contribution in [-0.4, -0.2) is 69.2 Å². The third-order valence-corrected chi connectivity index (χ3v) is 10.2. The van der Waals surface area contributed by atoms with Gasteiger partial charge in [-0.1, -0.05) is 13.0 Å². The van der Waals surface area contributed by atoms with Crippen molar-refractivity contribution in [2.75, 3.05) is 31.7 Å². The first-order valence-corrected chi connectivity index (χ1v) is 14.9. The molecule has 1 aromatic carbocycles. The normalized spacial score (nSPS) is 30.8. The van der Waals surface area contributed by atoms with Crippen molar-refractivity contribution >= 4 is 25.9 Å². The van der Waals surface area contributed by atoms with Gasteiger partial charge in [-0.3, -0.25) is 9.59 Å². The highest BCUT2D eigenvalue weighted by Gasteiger charge is 2.67. The van der Waals surface area contributed by atoms with Gasteiger partial charge in [-0.15, -0.1) is 6.58 Å². The molecule has 1 N–H and O–H groups in total. The van der Waals surface area contributed by atoms with Crippen LogP contribution >= 0.6 is 0 Å². The largest absolute Gasteiger partial charge is 0.497 e. The van der Waals surface area contributed by atoms with Gasteiger partial charge >= 0.3 is 0 Å². The molecule has 1 spiro atoms. The summed E-state index contributed by atoms with van der Waals surface area (Å²) in [6.07, 6.45) is 2.49. The first-order valence-electron chi connectivity index (χ1n) is 12.0. The molecule has 3 aliphatic heterocycles. The number of amides is 2. The SMILES string of the molecule is C=CCN1C(=O)[C@]2(O[C@H](CC(=O)N3CCC[C@H]3CO)[C@@H]([Si](C)(C)F)[C@@H]2C)c2cc(OC)ccc21. The average Bonchev–Trinajstić information content (AvgIpc) is 3.44. The summed E-state index contributed by atoms with van der Waals surface area (Å²) in [5.41, 5.74) is -0.598. The third-order valence-electron chi connectivity index (χ3n) is 7.76. The van der Waals surface area contributed by atoms with E-state index in [0.717, 1.165) is 12.8 Å². The molecule has 9 heteroatoms. The molecule has 0 bridgehead atoms. The molecule has 2 saturated heterocycles. The second-order valence-corrected chi connectivity index (χ2v) is 13.9. The summed E-state index contributed by atoms with van der Waals surface area (Å²) in [4.78, 5) is 30.5. The molecule has 1 aromatic rings. The van der Waals surface area contributed by atoms with Gasteiger partial charge in [-0.05, 0) is 44.1 Å². The van der Waals surface area contributed by atoms with Gasteiger partial charge in [0.2, 0.25) is 14.3 Å². The Hall–Kier alpha value is -2.23. The monoisotopic (exact) mass is 490 g/mol. The molecule has 4 rings (SSSR count). The van der Waals surface area contributed by atoms with E-state index in [2.05, 4.69) is 6.58 Å². The topological polar surface area (TPSA) is 79.3 Å². The number of carbonyl (C=O) groups is 2. The lowest BCUT2D eigenvalue weighted by Gasteiger charge is -2.31. The third kappa shape index (κ3) is 3.78. The molecule has 3 heterocycles. The number of aliphatic hydroxyl groups is 1. The van der Waals surface area contributed by atoms with Crippen LogP contribution in [0.2, 0.25) is 18.6 Å². The van der Waals surface area contributed by atoms with E-state index in [9.17, 15) is 14.7 Å². The summed E-state index contributed by atoms with van der Waals surface area (Å²) in [6, 6.07) is 5.19. The number of anilines is 1. The first kappa shape index (κ1) is 24.9. The number of aliphatic hydroxyl groups excluding tert-OH is 1. The molecule has 5 atom stereocenters. The molecule has 186 valence electrons. The Kier molecular flexibility index (Phi) is 6.65. The highest BCUT2D eigenvalue weighted by Crippen LogP contribution is 2.60. The second-order valence-electron chi connectivity index (χ2n) is 10.1. The molecule has 7 nitrogen and oxygen atoms in total. The molecule has 2 amide bonds. The van der Waals surface area contributed by atoms with Crippen molar-refractivity contribution < 1.29 is 28.3 Å². The molecule has 3 aliphatic rings. The van der Waals surface area contributed by atoms with Crippen LogP contribution in [0.15, 0.2) is 30.9 Å². The average molecular weight is 491 g/mol. The Bertz CT molecular complexity index is 983. The van der Waals surface area contributed by atoms with Gasteiger partial charge < -0.3 is 28.5 Å². The number of rotatable bonds is 7. The molecule has 0 radical (unpaired) electrons. The van der Waals surface area contributed by atoms with Gasteiger partial charge in [0.25, 0.3) is 5.91 Å². The van der Waals surface area contributed by atoms with Gasteiger partial charge in [-0.25, -0.2) is 0 Å². The van der Waals surface area contributed by atoms with E-state index >= 15 is 4.11 Å². The van der Waals surface area contributed by atoms with E-state index in [4.69, 9.17) is 9.47 Å². The zero-order chi connectivity index (χ0) is 24.8. The maximum Gasteiger partial charge on any atom is 0.264 e. The number of likely N-dealkylation sites (tertiary alicyclic amines) is 1. The number of nitrogens with zero attached hydrogens (tertiary/aromatic N) is 2. The maximum absolute atomic E-state index is 15.8. The number of ether oxygens (including phenoxy) is 2. The number of fused-ring (bicyclic) bond motifs is 2. The number of carbonyl (C=O) groups excluding carboxylic acids is 2. The predicted octanol–water partition coefficient (Wildman–Crippen LogP) is 3.38. The lowest BCUT2D eigenvalue weighted by atomic mass is 9.82. The number of halogens is 1. The van der Waals surface area contributed by atoms with Crippen LogP contribution in [-0.2, 0) is 19.9 Å². The number of hydrogen-bond acceptors (Lipinski definition) is 5. The molecule has 0 unspecified atom stereocenters. The van der Waals surface area contributed by atoms with Crippen molar-refractivity contribution in [3.05, 3.63) is 36.4 Å². The lowest BCUT2D eigenvalue weighted by molar-refractivity contribution is -0.150. The molecule has 0 aliphatic carbocycles. The van der Waals surface area contributed by atoms with Crippen molar-refractivity contribution in [1.29, 1.82) is 0 Å². The Balaban J connectivity index is 1.76. The van der Waals surface area contributed by atoms with Gasteiger partial charge in [0.05, 0.1) is 38.0 Å². The first-order chi connectivity index (χ1) is 16.1. The van der Waals surface area contributed by atoms with Crippen LogP contribution in [0.3, 0.4) is 0 Å². The number of hydrogen-bond donors (Lipinski definition) is 1. The second kappa shape index (κ2) is 9.09. The standard InChI is InChI=1S/C25H35FN2O5Si/c1-6-11-28-20-10-9-18(32-3)13-19(20)25(24(28)31)16(2)23(34(4,5)26)21(33-25)14-22(30)27-12-7-8-17(27)15-29/h6,9-10,13,16-17,21,23,29H,1,7-8,11-12,14-15H2,2-5H3/t16-,17-,21+,23-,25+/m0/s1. The molecular formula is C25H35FN2O5Si. The van der Waals surface area contributed by atoms with Crippen LogP contribution in [0.25, 0.3) is 0 Å². The smallest absolute Gasteiger partial charge is 0.264 e. The van der Waals surface area contributed by atoms with Gasteiger partial charge in [0.1, 0.15) is 5.75 Å². The minimum absolute atomic E-state index is 0.0123. The Morgan fingerprint density at radius 2 is 2.18 bits per heavy atom. The summed E-state index contributed by atoms with van der Waals surface area (Å²) in [5, 5.41) is 9.66. The fraction of sp³-hybridized carbons (Fsp3) is 0.600. The summed E-state index contributed by atoms with van der Waals surface area (Å²) in [7, 11) is -1.80. The number of methoxy groups -OCH3 is 1. The Morgan fingerprint density at radius 3 is 2.79 bits per heavy atom. The molecule has 34 heavy (non-hydrogen) atoms. The summed E-state index contributed by atoms with van der Waals surface area (Å²) in [5.74, 6) is -0.306. The summed E-state index contributed by atoms with van der Waals surface area (Å²) in [6.45, 7) is 9.67. The Morgan fingerprint density at radius 1 is 1.44 bits per heavy atom. The van der Waals surface area contributed by atoms with Crippen molar-refractivity contribution in [2.24, 2.45) is 5.92 Å². The van der Waals surface area contributed by atoms with Crippen LogP contribution in [0.5, 0.6) is 5.75 Å². The fourth-order valence-electron chi connectivity index (χ4n) is 6.31. The summed E-state index contributed by atoms with van der Waals surface area (Å²) < 4.78 is 27.8. The molecular weight excluding hydrogens is 455 g/mol. The van der Waals surface area contributed by atoms with Crippen molar-refractivity contribution in [3.8, 4) is 5.75 Å². The van der Waals surface area contributed by atoms with Crippen LogP contribution in [0.4, 0.5) is 9.80 Å². The van der Waals surface area contributed by atoms with E-state index in [0.29, 0.717) is 30.1 Å². The quantitative estimate of drug-likeness (QED) is 0.360. The minimum Gasteiger partial charge on any atom is -0.497 e. The van der Waals surface area contributed by atoms with Crippen LogP contribution in [0, 0.1) is 5.92 Å². The zero-order valence-electron chi connectivity index (χ0n) is 20.4.